The lowest BCUT2D eigenvalue weighted by atomic mass is 9.79. The minimum absolute atomic E-state index is 0.0236. The van der Waals surface area contributed by atoms with Crippen molar-refractivity contribution in [2.24, 2.45) is 5.41 Å². The highest BCUT2D eigenvalue weighted by atomic mass is 16.5. The quantitative estimate of drug-likeness (QED) is 0.817. The molecule has 0 amide bonds. The predicted octanol–water partition coefficient (Wildman–Crippen LogP) is 2.88. The Labute approximate surface area is 113 Å². The van der Waals surface area contributed by atoms with Gasteiger partial charge >= 0.3 is 0 Å². The molecule has 0 heterocycles. The van der Waals surface area contributed by atoms with Crippen molar-refractivity contribution in [3.63, 3.8) is 0 Å². The minimum atomic E-state index is 0.0236. The lowest BCUT2D eigenvalue weighted by Crippen LogP contribution is -2.30. The van der Waals surface area contributed by atoms with Gasteiger partial charge in [0.2, 0.25) is 0 Å². The van der Waals surface area contributed by atoms with Gasteiger partial charge in [-0.2, -0.15) is 0 Å². The number of hydrogen-bond acceptors (Lipinski definition) is 4. The van der Waals surface area contributed by atoms with Crippen LogP contribution in [-0.2, 0) is 4.79 Å². The number of ether oxygens (including phenoxy) is 1. The lowest BCUT2D eigenvalue weighted by molar-refractivity contribution is -0.117. The van der Waals surface area contributed by atoms with Gasteiger partial charge in [-0.1, -0.05) is 13.8 Å². The summed E-state index contributed by atoms with van der Waals surface area (Å²) < 4.78 is 5.10. The summed E-state index contributed by atoms with van der Waals surface area (Å²) in [4.78, 5) is 11.6. The zero-order valence-electron chi connectivity index (χ0n) is 11.6. The number of benzene rings is 1. The number of allylic oxidation sites excluding steroid dienone is 2. The highest BCUT2D eigenvalue weighted by Gasteiger charge is 2.27. The van der Waals surface area contributed by atoms with Gasteiger partial charge in [0.15, 0.2) is 5.78 Å². The van der Waals surface area contributed by atoms with E-state index in [2.05, 4.69) is 24.7 Å². The second-order valence-electron chi connectivity index (χ2n) is 5.63. The van der Waals surface area contributed by atoms with Crippen molar-refractivity contribution in [2.75, 3.05) is 12.5 Å². The number of methoxy groups -OCH3 is 1. The summed E-state index contributed by atoms with van der Waals surface area (Å²) in [5, 5.41) is 0. The van der Waals surface area contributed by atoms with Crippen molar-refractivity contribution in [1.82, 2.24) is 5.43 Å². The number of carbonyl (C=O) groups is 1. The molecule has 4 nitrogen and oxygen atoms in total. The molecule has 0 radical (unpaired) electrons. The maximum atomic E-state index is 11.6. The number of ketones is 1. The summed E-state index contributed by atoms with van der Waals surface area (Å²) in [5.41, 5.74) is 8.09. The van der Waals surface area contributed by atoms with Crippen LogP contribution in [0, 0.1) is 5.41 Å². The second-order valence-corrected chi connectivity index (χ2v) is 5.63. The highest BCUT2D eigenvalue weighted by molar-refractivity contribution is 5.91. The molecule has 2 N–H and O–H groups in total. The van der Waals surface area contributed by atoms with Gasteiger partial charge in [-0.25, -0.2) is 0 Å². The molecular formula is C15H20N2O2. The summed E-state index contributed by atoms with van der Waals surface area (Å²) >= 11 is 0. The monoisotopic (exact) mass is 260 g/mol. The van der Waals surface area contributed by atoms with Crippen LogP contribution in [0.5, 0.6) is 5.75 Å². The Balaban J connectivity index is 1.96. The van der Waals surface area contributed by atoms with Gasteiger partial charge in [0, 0.05) is 18.2 Å². The van der Waals surface area contributed by atoms with Crippen molar-refractivity contribution in [1.29, 1.82) is 0 Å². The van der Waals surface area contributed by atoms with Gasteiger partial charge in [0.1, 0.15) is 5.75 Å². The summed E-state index contributed by atoms with van der Waals surface area (Å²) in [7, 11) is 1.64. The normalized spacial score (nSPS) is 17.6. The van der Waals surface area contributed by atoms with Crippen LogP contribution in [0.15, 0.2) is 36.0 Å². The molecule has 0 saturated carbocycles. The third-order valence-electron chi connectivity index (χ3n) is 3.11. The van der Waals surface area contributed by atoms with Crippen LogP contribution in [0.4, 0.5) is 5.69 Å². The van der Waals surface area contributed by atoms with Crippen LogP contribution in [0.3, 0.4) is 0 Å². The topological polar surface area (TPSA) is 50.4 Å². The smallest absolute Gasteiger partial charge is 0.158 e. The van der Waals surface area contributed by atoms with Crippen LogP contribution >= 0.6 is 0 Å². The molecule has 0 unspecified atom stereocenters. The summed E-state index contributed by atoms with van der Waals surface area (Å²) in [6, 6.07) is 7.60. The summed E-state index contributed by atoms with van der Waals surface area (Å²) in [6.07, 6.45) is 3.16. The Bertz CT molecular complexity index is 489. The number of hydrogen-bond donors (Lipinski definition) is 2. The fourth-order valence-electron chi connectivity index (χ4n) is 2.25. The van der Waals surface area contributed by atoms with E-state index >= 15 is 0 Å². The summed E-state index contributed by atoms with van der Waals surface area (Å²) in [5.74, 6) is 0.994. The van der Waals surface area contributed by atoms with Gasteiger partial charge in [-0.05, 0) is 36.1 Å². The molecule has 1 aromatic carbocycles. The van der Waals surface area contributed by atoms with E-state index in [0.29, 0.717) is 6.42 Å². The number of carbonyl (C=O) groups excluding carboxylic acids is 1. The first kappa shape index (κ1) is 13.5. The second kappa shape index (κ2) is 5.34. The van der Waals surface area contributed by atoms with Crippen LogP contribution < -0.4 is 15.6 Å². The molecule has 19 heavy (non-hydrogen) atoms. The van der Waals surface area contributed by atoms with Crippen molar-refractivity contribution in [2.45, 2.75) is 26.7 Å². The van der Waals surface area contributed by atoms with Crippen LogP contribution in [-0.4, -0.2) is 12.9 Å². The Kier molecular flexibility index (Phi) is 3.79. The highest BCUT2D eigenvalue weighted by Crippen LogP contribution is 2.32. The molecule has 1 aliphatic carbocycles. The molecule has 0 fully saturated rings. The molecule has 0 spiro atoms. The third-order valence-corrected chi connectivity index (χ3v) is 3.11. The number of rotatable bonds is 4. The van der Waals surface area contributed by atoms with Crippen molar-refractivity contribution in [3.8, 4) is 5.75 Å². The first-order chi connectivity index (χ1) is 8.98. The molecule has 1 aliphatic rings. The first-order valence-electron chi connectivity index (χ1n) is 6.38. The maximum Gasteiger partial charge on any atom is 0.158 e. The molecule has 0 aliphatic heterocycles. The minimum Gasteiger partial charge on any atom is -0.497 e. The molecular weight excluding hydrogens is 240 g/mol. The van der Waals surface area contributed by atoms with Crippen LogP contribution in [0.2, 0.25) is 0 Å². The van der Waals surface area contributed by atoms with Crippen molar-refractivity contribution < 1.29 is 9.53 Å². The van der Waals surface area contributed by atoms with Crippen LogP contribution in [0.25, 0.3) is 0 Å². The van der Waals surface area contributed by atoms with E-state index in [-0.39, 0.29) is 11.2 Å². The van der Waals surface area contributed by atoms with Gasteiger partial charge in [0.05, 0.1) is 12.8 Å². The Morgan fingerprint density at radius 3 is 2.37 bits per heavy atom. The lowest BCUT2D eigenvalue weighted by Gasteiger charge is -2.29. The van der Waals surface area contributed by atoms with Gasteiger partial charge in [-0.3, -0.25) is 4.79 Å². The molecule has 0 aromatic heterocycles. The first-order valence-corrected chi connectivity index (χ1v) is 6.38. The largest absolute Gasteiger partial charge is 0.497 e. The van der Waals surface area contributed by atoms with Gasteiger partial charge in [0.25, 0.3) is 0 Å². The van der Waals surface area contributed by atoms with Crippen LogP contribution in [0.1, 0.15) is 26.7 Å². The molecule has 0 saturated heterocycles. The van der Waals surface area contributed by atoms with E-state index in [4.69, 9.17) is 4.74 Å². The zero-order valence-corrected chi connectivity index (χ0v) is 11.6. The van der Waals surface area contributed by atoms with Gasteiger partial charge < -0.3 is 15.6 Å². The third kappa shape index (κ3) is 3.74. The van der Waals surface area contributed by atoms with E-state index in [1.807, 2.05) is 24.3 Å². The molecule has 0 bridgehead atoms. The Hall–Kier alpha value is -1.97. The van der Waals surface area contributed by atoms with E-state index in [0.717, 1.165) is 23.6 Å². The Morgan fingerprint density at radius 2 is 1.79 bits per heavy atom. The number of nitrogens with one attached hydrogen (secondary N) is 2. The average molecular weight is 260 g/mol. The number of hydrazine groups is 1. The Morgan fingerprint density at radius 1 is 1.11 bits per heavy atom. The molecule has 4 heteroatoms. The fraction of sp³-hybridized carbons (Fsp3) is 0.400. The van der Waals surface area contributed by atoms with Crippen molar-refractivity contribution >= 4 is 11.5 Å². The van der Waals surface area contributed by atoms with Crippen molar-refractivity contribution in [3.05, 3.63) is 36.0 Å². The number of anilines is 1. The average Bonchev–Trinajstić information content (AvgIpc) is 2.34. The SMILES string of the molecule is COc1ccc(NNC2=CC(=O)CC(C)(C)C2)cc1. The van der Waals surface area contributed by atoms with Gasteiger partial charge in [-0.15, -0.1) is 0 Å². The molecule has 1 aromatic rings. The van der Waals surface area contributed by atoms with E-state index in [9.17, 15) is 4.79 Å². The van der Waals surface area contributed by atoms with E-state index in [1.165, 1.54) is 0 Å². The fourth-order valence-corrected chi connectivity index (χ4v) is 2.25. The standard InChI is InChI=1S/C15H20N2O2/c1-15(2)9-12(8-13(18)10-15)17-16-11-4-6-14(19-3)7-5-11/h4-8,16-17H,9-10H2,1-3H3. The molecule has 0 atom stereocenters. The maximum absolute atomic E-state index is 11.6. The predicted molar refractivity (Wildman–Crippen MR) is 75.9 cm³/mol. The zero-order chi connectivity index (χ0) is 13.9. The van der Waals surface area contributed by atoms with E-state index in [1.54, 1.807) is 13.2 Å². The molecule has 2 rings (SSSR count). The summed E-state index contributed by atoms with van der Waals surface area (Å²) in [6.45, 7) is 4.21. The van der Waals surface area contributed by atoms with E-state index < -0.39 is 0 Å². The molecule has 102 valence electrons.